The zero-order valence-corrected chi connectivity index (χ0v) is 15.2. The van der Waals surface area contributed by atoms with Gasteiger partial charge in [0.15, 0.2) is 0 Å². The van der Waals surface area contributed by atoms with Gasteiger partial charge in [0.1, 0.15) is 28.7 Å². The highest BCUT2D eigenvalue weighted by molar-refractivity contribution is 5.99. The molecule has 0 spiro atoms. The van der Waals surface area contributed by atoms with Gasteiger partial charge < -0.3 is 10.4 Å². The summed E-state index contributed by atoms with van der Waals surface area (Å²) in [7, 11) is 0. The van der Waals surface area contributed by atoms with E-state index >= 15 is 0 Å². The van der Waals surface area contributed by atoms with Crippen molar-refractivity contribution in [1.29, 1.82) is 5.26 Å². The molecule has 3 aromatic rings. The topological polar surface area (TPSA) is 81.3 Å². The number of aromatic nitrogens is 1. The Hall–Kier alpha value is -3.63. The summed E-state index contributed by atoms with van der Waals surface area (Å²) in [6, 6.07) is 16.2. The van der Waals surface area contributed by atoms with Crippen molar-refractivity contribution in [3.63, 3.8) is 0 Å². The first-order valence-corrected chi connectivity index (χ1v) is 8.92. The number of hydrogen-bond acceptors (Lipinski definition) is 5. The second-order valence-electron chi connectivity index (χ2n) is 6.66. The Balaban J connectivity index is 1.94. The molecule has 0 saturated heterocycles. The molecule has 0 bridgehead atoms. The van der Waals surface area contributed by atoms with Crippen LogP contribution in [0.15, 0.2) is 71.9 Å². The molecule has 0 fully saturated rings. The van der Waals surface area contributed by atoms with Gasteiger partial charge in [-0.1, -0.05) is 24.3 Å². The maximum atomic E-state index is 13.6. The first-order chi connectivity index (χ1) is 14.1. The molecule has 2 aromatic carbocycles. The lowest BCUT2D eigenvalue weighted by molar-refractivity contribution is 0.221. The maximum absolute atomic E-state index is 13.6. The summed E-state index contributed by atoms with van der Waals surface area (Å²) in [4.78, 5) is 9.12. The summed E-state index contributed by atoms with van der Waals surface area (Å²) < 4.78 is 27.1. The predicted molar refractivity (Wildman–Crippen MR) is 103 cm³/mol. The minimum atomic E-state index is -1.13. The minimum absolute atomic E-state index is 0.292. The first kappa shape index (κ1) is 18.7. The Morgan fingerprint density at radius 2 is 1.59 bits per heavy atom. The average Bonchev–Trinajstić information content (AvgIpc) is 3.15. The van der Waals surface area contributed by atoms with E-state index in [2.05, 4.69) is 16.4 Å². The van der Waals surface area contributed by atoms with Gasteiger partial charge in [-0.2, -0.15) is 5.26 Å². The fraction of sp³-hybridized carbons (Fsp3) is 0.136. The maximum Gasteiger partial charge on any atom is 0.149 e. The van der Waals surface area contributed by atoms with Gasteiger partial charge >= 0.3 is 0 Å². The average molecular weight is 390 g/mol. The Morgan fingerprint density at radius 1 is 1.00 bits per heavy atom. The van der Waals surface area contributed by atoms with Gasteiger partial charge in [-0.15, -0.1) is 0 Å². The van der Waals surface area contributed by atoms with E-state index in [0.29, 0.717) is 28.2 Å². The van der Waals surface area contributed by atoms with Gasteiger partial charge in [0, 0.05) is 6.20 Å². The highest BCUT2D eigenvalue weighted by Gasteiger charge is 2.47. The van der Waals surface area contributed by atoms with Crippen LogP contribution in [0.2, 0.25) is 0 Å². The number of amidine groups is 1. The van der Waals surface area contributed by atoms with Gasteiger partial charge in [-0.05, 0) is 47.5 Å². The number of nitrogens with one attached hydrogen (secondary N) is 1. The number of halogens is 2. The second-order valence-corrected chi connectivity index (χ2v) is 6.66. The van der Waals surface area contributed by atoms with Crippen molar-refractivity contribution in [3.05, 3.63) is 101 Å². The lowest BCUT2D eigenvalue weighted by Crippen LogP contribution is -2.46. The third-order valence-corrected chi connectivity index (χ3v) is 4.99. The van der Waals surface area contributed by atoms with Crippen LogP contribution in [0.4, 0.5) is 8.78 Å². The number of hydrogen-bond donors (Lipinski definition) is 2. The standard InChI is InChI=1S/C22H16F2N4O/c23-17-5-1-15(2-6-17)22(16-3-7-18(24)8-4-16)20(13-29)27-21(28-22)19-11-14(12-25)9-10-26-19/h1-11,20,29H,13H2,(H,27,28)/t20-/m0/s1. The molecule has 2 N–H and O–H groups in total. The number of nitrogens with zero attached hydrogens (tertiary/aromatic N) is 3. The van der Waals surface area contributed by atoms with E-state index < -0.39 is 23.2 Å². The van der Waals surface area contributed by atoms with Crippen molar-refractivity contribution < 1.29 is 13.9 Å². The molecule has 0 unspecified atom stereocenters. The zero-order valence-electron chi connectivity index (χ0n) is 15.2. The molecular formula is C22H16F2N4O. The van der Waals surface area contributed by atoms with Crippen LogP contribution in [0.5, 0.6) is 0 Å². The van der Waals surface area contributed by atoms with Gasteiger partial charge in [0.25, 0.3) is 0 Å². The van der Waals surface area contributed by atoms with Crippen molar-refractivity contribution in [1.82, 2.24) is 10.3 Å². The molecule has 4 rings (SSSR count). The van der Waals surface area contributed by atoms with Gasteiger partial charge in [-0.25, -0.2) is 13.8 Å². The first-order valence-electron chi connectivity index (χ1n) is 8.92. The van der Waals surface area contributed by atoms with Gasteiger partial charge in [0.05, 0.1) is 24.3 Å². The summed E-state index contributed by atoms with van der Waals surface area (Å²) in [5.74, 6) is -0.418. The quantitative estimate of drug-likeness (QED) is 0.718. The minimum Gasteiger partial charge on any atom is -0.394 e. The number of benzene rings is 2. The smallest absolute Gasteiger partial charge is 0.149 e. The van der Waals surface area contributed by atoms with Crippen LogP contribution in [0.25, 0.3) is 0 Å². The van der Waals surface area contributed by atoms with E-state index in [1.165, 1.54) is 30.5 Å². The fourth-order valence-corrected chi connectivity index (χ4v) is 3.60. The van der Waals surface area contributed by atoms with Crippen molar-refractivity contribution in [2.24, 2.45) is 4.99 Å². The molecule has 0 aliphatic carbocycles. The van der Waals surface area contributed by atoms with Crippen molar-refractivity contribution in [3.8, 4) is 6.07 Å². The van der Waals surface area contributed by atoms with Gasteiger partial charge in [-0.3, -0.25) is 4.98 Å². The van der Waals surface area contributed by atoms with Crippen molar-refractivity contribution in [2.75, 3.05) is 6.61 Å². The molecule has 1 aromatic heterocycles. The van der Waals surface area contributed by atoms with Crippen LogP contribution < -0.4 is 5.32 Å². The molecule has 5 nitrogen and oxygen atoms in total. The summed E-state index contributed by atoms with van der Waals surface area (Å²) in [6.07, 6.45) is 1.50. The van der Waals surface area contributed by atoms with E-state index in [4.69, 9.17) is 10.3 Å². The monoisotopic (exact) mass is 390 g/mol. The fourth-order valence-electron chi connectivity index (χ4n) is 3.60. The number of aliphatic hydroxyl groups is 1. The summed E-state index contributed by atoms with van der Waals surface area (Å²) in [6.45, 7) is -0.292. The number of pyridine rings is 1. The van der Waals surface area contributed by atoms with E-state index in [-0.39, 0.29) is 6.61 Å². The number of aliphatic hydroxyl groups excluding tert-OH is 1. The summed E-state index contributed by atoms with van der Waals surface area (Å²) in [5, 5.41) is 22.5. The Labute approximate surface area is 166 Å². The molecular weight excluding hydrogens is 374 g/mol. The Morgan fingerprint density at radius 3 is 2.10 bits per heavy atom. The van der Waals surface area contributed by atoms with Crippen LogP contribution in [-0.2, 0) is 5.54 Å². The number of rotatable bonds is 4. The highest BCUT2D eigenvalue weighted by atomic mass is 19.1. The lowest BCUT2D eigenvalue weighted by atomic mass is 9.78. The highest BCUT2D eigenvalue weighted by Crippen LogP contribution is 2.41. The predicted octanol–water partition coefficient (Wildman–Crippen LogP) is 2.89. The number of aliphatic imine (C=N–C) groups is 1. The largest absolute Gasteiger partial charge is 0.394 e. The summed E-state index contributed by atoms with van der Waals surface area (Å²) in [5.41, 5.74) is 0.984. The van der Waals surface area contributed by atoms with Crippen molar-refractivity contribution in [2.45, 2.75) is 11.6 Å². The Bertz CT molecular complexity index is 1060. The van der Waals surface area contributed by atoms with Crippen LogP contribution >= 0.6 is 0 Å². The van der Waals surface area contributed by atoms with E-state index in [9.17, 15) is 13.9 Å². The summed E-state index contributed by atoms with van der Waals surface area (Å²) >= 11 is 0. The molecule has 1 aliphatic heterocycles. The molecule has 2 heterocycles. The second kappa shape index (κ2) is 7.41. The van der Waals surface area contributed by atoms with E-state index in [0.717, 1.165) is 0 Å². The Kier molecular flexibility index (Phi) is 4.79. The van der Waals surface area contributed by atoms with E-state index in [1.54, 1.807) is 36.4 Å². The van der Waals surface area contributed by atoms with E-state index in [1.807, 2.05) is 0 Å². The molecule has 29 heavy (non-hydrogen) atoms. The molecule has 0 saturated carbocycles. The molecule has 1 atom stereocenters. The van der Waals surface area contributed by atoms with Crippen LogP contribution in [0, 0.1) is 23.0 Å². The SMILES string of the molecule is N#Cc1ccnc(C2=NC(c3ccc(F)cc3)(c3ccc(F)cc3)[C@H](CO)N2)c1. The van der Waals surface area contributed by atoms with Crippen LogP contribution in [0.1, 0.15) is 22.4 Å². The van der Waals surface area contributed by atoms with Gasteiger partial charge in [0.2, 0.25) is 0 Å². The van der Waals surface area contributed by atoms with Crippen LogP contribution in [-0.4, -0.2) is 28.6 Å². The normalized spacial score (nSPS) is 17.3. The van der Waals surface area contributed by atoms with Crippen LogP contribution in [0.3, 0.4) is 0 Å². The lowest BCUT2D eigenvalue weighted by Gasteiger charge is -2.33. The number of nitriles is 1. The van der Waals surface area contributed by atoms with Crippen molar-refractivity contribution >= 4 is 5.84 Å². The third-order valence-electron chi connectivity index (χ3n) is 4.99. The molecule has 0 amide bonds. The molecule has 7 heteroatoms. The molecule has 1 aliphatic rings. The molecule has 0 radical (unpaired) electrons. The third kappa shape index (κ3) is 3.24. The molecule has 144 valence electrons. The zero-order chi connectivity index (χ0) is 20.4.